The maximum absolute atomic E-state index is 11.4. The summed E-state index contributed by atoms with van der Waals surface area (Å²) in [7, 11) is 0. The Bertz CT molecular complexity index is 254. The van der Waals surface area contributed by atoms with Gasteiger partial charge in [0.05, 0.1) is 6.10 Å². The van der Waals surface area contributed by atoms with Gasteiger partial charge in [0.15, 0.2) is 0 Å². The minimum atomic E-state index is -3.03. The molecule has 1 aliphatic rings. The topological polar surface area (TPSA) is 52.3 Å². The fourth-order valence-electron chi connectivity index (χ4n) is 2.42. The molecule has 2 N–H and O–H groups in total. The largest absolute Gasteiger partial charge is 0.331 e. The highest BCUT2D eigenvalue weighted by Gasteiger charge is 2.34. The zero-order valence-electron chi connectivity index (χ0n) is 9.65. The molecule has 15 heavy (non-hydrogen) atoms. The zero-order valence-corrected chi connectivity index (χ0v) is 12.1. The van der Waals surface area contributed by atoms with E-state index in [0.29, 0.717) is 17.8 Å². The molecule has 0 aromatic rings. The molecule has 0 saturated heterocycles. The molecular formula is C10H21BrNO2P. The highest BCUT2D eigenvalue weighted by Crippen LogP contribution is 2.51. The molecule has 90 valence electrons. The van der Waals surface area contributed by atoms with Crippen molar-refractivity contribution in [1.82, 2.24) is 0 Å². The standard InChI is InChI=1S/C10H21BrNO2P/c1-7(2)9-5-4-8(3)6-10(9)14-15(11,12)13/h7-10H,4-6H2,1-3H3,(H2,12,13). The summed E-state index contributed by atoms with van der Waals surface area (Å²) in [6.07, 6.45) is 0.373. The van der Waals surface area contributed by atoms with Gasteiger partial charge in [0.25, 0.3) is 0 Å². The van der Waals surface area contributed by atoms with Crippen LogP contribution in [0.4, 0.5) is 0 Å². The van der Waals surface area contributed by atoms with Gasteiger partial charge in [-0.25, -0.2) is 0 Å². The Labute approximate surface area is 100 Å². The van der Waals surface area contributed by atoms with Gasteiger partial charge in [0, 0.05) is 15.5 Å². The first-order chi connectivity index (χ1) is 6.79. The lowest BCUT2D eigenvalue weighted by Gasteiger charge is -2.37. The molecule has 0 aliphatic heterocycles. The Morgan fingerprint density at radius 2 is 2.07 bits per heavy atom. The monoisotopic (exact) mass is 297 g/mol. The second-order valence-corrected chi connectivity index (χ2v) is 9.21. The summed E-state index contributed by atoms with van der Waals surface area (Å²) >= 11 is 2.92. The van der Waals surface area contributed by atoms with Crippen LogP contribution in [0.2, 0.25) is 0 Å². The third-order valence-corrected chi connectivity index (χ3v) is 4.30. The summed E-state index contributed by atoms with van der Waals surface area (Å²) in [5.41, 5.74) is 5.42. The van der Waals surface area contributed by atoms with E-state index in [1.807, 2.05) is 0 Å². The molecule has 1 saturated carbocycles. The van der Waals surface area contributed by atoms with Gasteiger partial charge >= 0.3 is 6.22 Å². The lowest BCUT2D eigenvalue weighted by Crippen LogP contribution is -2.33. The molecule has 1 rings (SSSR count). The quantitative estimate of drug-likeness (QED) is 0.803. The van der Waals surface area contributed by atoms with Crippen LogP contribution in [0.25, 0.3) is 0 Å². The van der Waals surface area contributed by atoms with Crippen LogP contribution in [0.3, 0.4) is 0 Å². The molecule has 0 radical (unpaired) electrons. The number of rotatable bonds is 3. The molecule has 3 nitrogen and oxygen atoms in total. The van der Waals surface area contributed by atoms with Crippen molar-refractivity contribution in [3.8, 4) is 0 Å². The Kier molecular flexibility index (Phi) is 4.85. The molecule has 0 aromatic carbocycles. The van der Waals surface area contributed by atoms with Crippen LogP contribution in [0.5, 0.6) is 0 Å². The van der Waals surface area contributed by atoms with Gasteiger partial charge in [0.2, 0.25) is 0 Å². The summed E-state index contributed by atoms with van der Waals surface area (Å²) in [5, 5.41) is 0. The van der Waals surface area contributed by atoms with E-state index >= 15 is 0 Å². The van der Waals surface area contributed by atoms with E-state index in [-0.39, 0.29) is 6.10 Å². The normalized spacial score (nSPS) is 36.5. The average Bonchev–Trinajstić information content (AvgIpc) is 1.99. The fraction of sp³-hybridized carbons (Fsp3) is 1.00. The Morgan fingerprint density at radius 1 is 1.47 bits per heavy atom. The van der Waals surface area contributed by atoms with Crippen molar-refractivity contribution in [1.29, 1.82) is 0 Å². The molecule has 0 bridgehead atoms. The smallest absolute Gasteiger partial charge is 0.306 e. The van der Waals surface area contributed by atoms with Gasteiger partial charge in [-0.05, 0) is 30.6 Å². The first-order valence-corrected chi connectivity index (χ1v) is 9.27. The Balaban J connectivity index is 2.66. The molecule has 4 atom stereocenters. The Morgan fingerprint density at radius 3 is 2.53 bits per heavy atom. The van der Waals surface area contributed by atoms with E-state index in [4.69, 9.17) is 10.0 Å². The van der Waals surface area contributed by atoms with Crippen molar-refractivity contribution in [2.45, 2.75) is 46.1 Å². The van der Waals surface area contributed by atoms with Crippen LogP contribution in [-0.4, -0.2) is 6.10 Å². The van der Waals surface area contributed by atoms with Crippen molar-refractivity contribution in [3.63, 3.8) is 0 Å². The highest BCUT2D eigenvalue weighted by atomic mass is 79.9. The van der Waals surface area contributed by atoms with Gasteiger partial charge in [-0.3, -0.25) is 10.1 Å². The van der Waals surface area contributed by atoms with E-state index in [1.54, 1.807) is 0 Å². The van der Waals surface area contributed by atoms with E-state index in [2.05, 4.69) is 36.3 Å². The predicted molar refractivity (Wildman–Crippen MR) is 66.9 cm³/mol. The van der Waals surface area contributed by atoms with Gasteiger partial charge < -0.3 is 4.52 Å². The van der Waals surface area contributed by atoms with Crippen molar-refractivity contribution < 1.29 is 9.09 Å². The van der Waals surface area contributed by atoms with Crippen molar-refractivity contribution in [3.05, 3.63) is 0 Å². The third kappa shape index (κ3) is 4.56. The highest BCUT2D eigenvalue weighted by molar-refractivity contribution is 9.39. The van der Waals surface area contributed by atoms with Gasteiger partial charge in [0.1, 0.15) is 0 Å². The van der Waals surface area contributed by atoms with Crippen molar-refractivity contribution in [2.75, 3.05) is 0 Å². The first-order valence-electron chi connectivity index (χ1n) is 5.56. The third-order valence-electron chi connectivity index (χ3n) is 3.24. The summed E-state index contributed by atoms with van der Waals surface area (Å²) in [6, 6.07) is 0. The number of hydrogen-bond donors (Lipinski definition) is 1. The average molecular weight is 298 g/mol. The fourth-order valence-corrected chi connectivity index (χ4v) is 3.68. The van der Waals surface area contributed by atoms with Crippen LogP contribution in [0, 0.1) is 17.8 Å². The first kappa shape index (κ1) is 13.7. The lowest BCUT2D eigenvalue weighted by molar-refractivity contribution is 0.0514. The van der Waals surface area contributed by atoms with Crippen LogP contribution >= 0.6 is 21.7 Å². The molecule has 1 fully saturated rings. The van der Waals surface area contributed by atoms with Gasteiger partial charge in [-0.1, -0.05) is 27.2 Å². The van der Waals surface area contributed by atoms with Crippen molar-refractivity contribution >= 4 is 21.7 Å². The molecule has 0 spiro atoms. The maximum atomic E-state index is 11.4. The lowest BCUT2D eigenvalue weighted by atomic mass is 9.75. The molecule has 4 unspecified atom stereocenters. The number of halogens is 1. The van der Waals surface area contributed by atoms with E-state index in [1.165, 1.54) is 6.42 Å². The number of hydrogen-bond acceptors (Lipinski definition) is 2. The zero-order chi connectivity index (χ0) is 11.6. The SMILES string of the molecule is CC1CCC(C(C)C)C(OP(N)(=O)Br)C1. The molecule has 0 amide bonds. The summed E-state index contributed by atoms with van der Waals surface area (Å²) < 4.78 is 16.9. The molecule has 1 aliphatic carbocycles. The number of nitrogens with two attached hydrogens (primary N) is 1. The van der Waals surface area contributed by atoms with E-state index in [9.17, 15) is 4.57 Å². The Hall–Kier alpha value is 0.630. The summed E-state index contributed by atoms with van der Waals surface area (Å²) in [4.78, 5) is 0. The second kappa shape index (κ2) is 5.31. The van der Waals surface area contributed by atoms with Crippen LogP contribution < -0.4 is 5.50 Å². The molecule has 0 heterocycles. The summed E-state index contributed by atoms with van der Waals surface area (Å²) in [5.74, 6) is 1.68. The van der Waals surface area contributed by atoms with E-state index < -0.39 is 6.22 Å². The van der Waals surface area contributed by atoms with Crippen LogP contribution in [0.15, 0.2) is 0 Å². The van der Waals surface area contributed by atoms with Crippen LogP contribution in [0.1, 0.15) is 40.0 Å². The van der Waals surface area contributed by atoms with E-state index in [0.717, 1.165) is 12.8 Å². The van der Waals surface area contributed by atoms with Gasteiger partial charge in [-0.2, -0.15) is 0 Å². The maximum Gasteiger partial charge on any atom is 0.331 e. The molecule has 0 aromatic heterocycles. The van der Waals surface area contributed by atoms with Gasteiger partial charge in [-0.15, -0.1) is 0 Å². The predicted octanol–water partition coefficient (Wildman–Crippen LogP) is 3.93. The minimum absolute atomic E-state index is 0.0453. The van der Waals surface area contributed by atoms with Crippen LogP contribution in [-0.2, 0) is 9.09 Å². The minimum Gasteiger partial charge on any atom is -0.306 e. The van der Waals surface area contributed by atoms with Crippen molar-refractivity contribution in [2.24, 2.45) is 23.3 Å². The molecule has 5 heteroatoms. The molecular weight excluding hydrogens is 277 g/mol. The second-order valence-electron chi connectivity index (χ2n) is 4.99. The summed E-state index contributed by atoms with van der Waals surface area (Å²) in [6.45, 7) is 6.59.